The van der Waals surface area contributed by atoms with Gasteiger partial charge >= 0.3 is 12.3 Å². The Kier molecular flexibility index (Phi) is 5.38. The summed E-state index contributed by atoms with van der Waals surface area (Å²) in [7, 11) is 0. The molecule has 0 N–H and O–H groups in total. The molecule has 0 saturated heterocycles. The maximum atomic E-state index is 12.6. The van der Waals surface area contributed by atoms with E-state index in [0.29, 0.717) is 12.0 Å². The third kappa shape index (κ3) is 5.20. The lowest BCUT2D eigenvalue weighted by Gasteiger charge is -2.20. The molecule has 21 heavy (non-hydrogen) atoms. The number of halogens is 5. The molecule has 0 saturated carbocycles. The van der Waals surface area contributed by atoms with Crippen LogP contribution in [0.2, 0.25) is 0 Å². The summed E-state index contributed by atoms with van der Waals surface area (Å²) in [5.74, 6) is 4.64. The van der Waals surface area contributed by atoms with Crippen LogP contribution < -0.4 is 4.74 Å². The first-order chi connectivity index (χ1) is 9.76. The predicted molar refractivity (Wildman–Crippen MR) is 63.6 cm³/mol. The Labute approximate surface area is 116 Å². The highest BCUT2D eigenvalue weighted by Crippen LogP contribution is 2.37. The molecule has 4 nitrogen and oxygen atoms in total. The van der Waals surface area contributed by atoms with Gasteiger partial charge in [0.15, 0.2) is 0 Å². The molecule has 1 aromatic rings. The molecule has 0 aliphatic heterocycles. The van der Waals surface area contributed by atoms with Crippen LogP contribution in [0.25, 0.3) is 10.4 Å². The lowest BCUT2D eigenvalue weighted by atomic mass is 10.2. The van der Waals surface area contributed by atoms with Crippen molar-refractivity contribution in [1.29, 1.82) is 0 Å². The molecule has 0 aliphatic carbocycles. The summed E-state index contributed by atoms with van der Waals surface area (Å²) in [5.41, 5.74) is 8.42. The highest BCUT2D eigenvalue weighted by atomic mass is 19.4. The van der Waals surface area contributed by atoms with Crippen LogP contribution in [0.1, 0.15) is 12.0 Å². The van der Waals surface area contributed by atoms with Crippen LogP contribution >= 0.6 is 0 Å². The summed E-state index contributed by atoms with van der Waals surface area (Å²) in [6.07, 6.45) is -10.7. The Morgan fingerprint density at radius 3 is 2.29 bits per heavy atom. The summed E-state index contributed by atoms with van der Waals surface area (Å²) in [6.45, 7) is 0.183. The molecule has 1 aromatic carbocycles. The van der Waals surface area contributed by atoms with Gasteiger partial charge in [0.05, 0.1) is 0 Å². The van der Waals surface area contributed by atoms with Crippen LogP contribution in [0.15, 0.2) is 29.4 Å². The van der Waals surface area contributed by atoms with Gasteiger partial charge in [-0.25, -0.2) is 0 Å². The highest BCUT2D eigenvalue weighted by Gasteiger charge is 2.61. The van der Waals surface area contributed by atoms with Crippen LogP contribution in [-0.2, 0) is 0 Å². The number of benzene rings is 1. The van der Waals surface area contributed by atoms with E-state index in [1.807, 2.05) is 0 Å². The Morgan fingerprint density at radius 1 is 1.14 bits per heavy atom. The quantitative estimate of drug-likeness (QED) is 0.205. The van der Waals surface area contributed by atoms with Gasteiger partial charge in [-0.05, 0) is 29.8 Å². The number of rotatable bonds is 4. The van der Waals surface area contributed by atoms with Crippen molar-refractivity contribution in [3.63, 3.8) is 0 Å². The number of nitrogens with zero attached hydrogens (tertiary/aromatic N) is 3. The molecular formula is C12H8F5N3O. The zero-order valence-corrected chi connectivity index (χ0v) is 10.4. The van der Waals surface area contributed by atoms with E-state index >= 15 is 0 Å². The van der Waals surface area contributed by atoms with E-state index in [4.69, 9.17) is 5.53 Å². The number of ether oxygens (including phenoxy) is 1. The minimum atomic E-state index is -5.78. The van der Waals surface area contributed by atoms with Crippen molar-refractivity contribution in [2.45, 2.75) is 18.7 Å². The molecule has 1 rings (SSSR count). The number of hydrogen-bond acceptors (Lipinski definition) is 2. The van der Waals surface area contributed by atoms with Crippen molar-refractivity contribution < 1.29 is 26.7 Å². The molecular weight excluding hydrogens is 297 g/mol. The lowest BCUT2D eigenvalue weighted by Crippen LogP contribution is -2.41. The second-order valence-corrected chi connectivity index (χ2v) is 3.65. The molecule has 0 aromatic heterocycles. The molecule has 0 spiro atoms. The zero-order chi connectivity index (χ0) is 15.9. The van der Waals surface area contributed by atoms with Crippen molar-refractivity contribution >= 4 is 0 Å². The van der Waals surface area contributed by atoms with Gasteiger partial charge in [0.2, 0.25) is 0 Å². The van der Waals surface area contributed by atoms with E-state index < -0.39 is 18.0 Å². The van der Waals surface area contributed by atoms with Crippen molar-refractivity contribution in [3.05, 3.63) is 40.3 Å². The lowest BCUT2D eigenvalue weighted by molar-refractivity contribution is -0.360. The van der Waals surface area contributed by atoms with E-state index in [-0.39, 0.29) is 6.54 Å². The van der Waals surface area contributed by atoms with E-state index in [0.717, 1.165) is 12.1 Å². The maximum absolute atomic E-state index is 12.6. The van der Waals surface area contributed by atoms with Crippen molar-refractivity contribution in [2.75, 3.05) is 6.54 Å². The molecule has 0 aliphatic rings. The fraction of sp³-hybridized carbons (Fsp3) is 0.333. The Bertz CT molecular complexity index is 580. The number of alkyl halides is 5. The van der Waals surface area contributed by atoms with Crippen LogP contribution in [0.4, 0.5) is 22.0 Å². The maximum Gasteiger partial charge on any atom is 0.499 e. The largest absolute Gasteiger partial charge is 0.499 e. The topological polar surface area (TPSA) is 58.0 Å². The van der Waals surface area contributed by atoms with Gasteiger partial charge in [0.1, 0.15) is 5.75 Å². The Morgan fingerprint density at radius 2 is 1.76 bits per heavy atom. The van der Waals surface area contributed by atoms with E-state index in [1.54, 1.807) is 0 Å². The molecule has 0 fully saturated rings. The van der Waals surface area contributed by atoms with Crippen molar-refractivity contribution in [2.24, 2.45) is 5.11 Å². The average Bonchev–Trinajstić information content (AvgIpc) is 2.39. The summed E-state index contributed by atoms with van der Waals surface area (Å²) in [4.78, 5) is 2.52. The van der Waals surface area contributed by atoms with Crippen LogP contribution in [0.5, 0.6) is 5.75 Å². The summed E-state index contributed by atoms with van der Waals surface area (Å²) >= 11 is 0. The van der Waals surface area contributed by atoms with Crippen molar-refractivity contribution in [1.82, 2.24) is 0 Å². The molecule has 0 bridgehead atoms. The summed E-state index contributed by atoms with van der Waals surface area (Å²) in [6, 6.07) is 4.39. The number of azide groups is 1. The van der Waals surface area contributed by atoms with Gasteiger partial charge in [0.25, 0.3) is 0 Å². The smallest absolute Gasteiger partial charge is 0.426 e. The van der Waals surface area contributed by atoms with Gasteiger partial charge in [0, 0.05) is 23.4 Å². The van der Waals surface area contributed by atoms with Gasteiger partial charge in [-0.1, -0.05) is 17.0 Å². The average molecular weight is 305 g/mol. The number of hydrogen-bond donors (Lipinski definition) is 0. The SMILES string of the molecule is [N-]=[N+]=NCCC#Cc1ccc(OC(F)(F)C(F)(F)F)cc1. The molecule has 9 heteroatoms. The monoisotopic (exact) mass is 305 g/mol. The summed E-state index contributed by atoms with van der Waals surface area (Å²) < 4.78 is 64.7. The van der Waals surface area contributed by atoms with E-state index in [9.17, 15) is 22.0 Å². The van der Waals surface area contributed by atoms with Crippen LogP contribution in [-0.4, -0.2) is 18.8 Å². The normalized spacial score (nSPS) is 11.1. The zero-order valence-electron chi connectivity index (χ0n) is 10.4. The van der Waals surface area contributed by atoms with Gasteiger partial charge < -0.3 is 4.74 Å². The Hall–Kier alpha value is -2.46. The third-order valence-corrected chi connectivity index (χ3v) is 2.06. The molecule has 0 atom stereocenters. The first-order valence-electron chi connectivity index (χ1n) is 5.49. The molecule has 0 heterocycles. The van der Waals surface area contributed by atoms with Crippen LogP contribution in [0.3, 0.4) is 0 Å². The van der Waals surface area contributed by atoms with E-state index in [2.05, 4.69) is 26.6 Å². The molecule has 112 valence electrons. The highest BCUT2D eigenvalue weighted by molar-refractivity contribution is 5.38. The van der Waals surface area contributed by atoms with Gasteiger partial charge in [-0.3, -0.25) is 0 Å². The first kappa shape index (κ1) is 16.6. The fourth-order valence-corrected chi connectivity index (χ4v) is 1.13. The van der Waals surface area contributed by atoms with Crippen molar-refractivity contribution in [3.8, 4) is 17.6 Å². The molecule has 0 radical (unpaired) electrons. The van der Waals surface area contributed by atoms with Crippen LogP contribution in [0, 0.1) is 11.8 Å². The Balaban J connectivity index is 2.68. The minimum absolute atomic E-state index is 0.183. The predicted octanol–water partition coefficient (Wildman–Crippen LogP) is 4.27. The minimum Gasteiger partial charge on any atom is -0.426 e. The second kappa shape index (κ2) is 6.81. The second-order valence-electron chi connectivity index (χ2n) is 3.65. The summed E-state index contributed by atoms with van der Waals surface area (Å²) in [5, 5.41) is 3.25. The fourth-order valence-electron chi connectivity index (χ4n) is 1.13. The first-order valence-corrected chi connectivity index (χ1v) is 5.49. The van der Waals surface area contributed by atoms with E-state index in [1.165, 1.54) is 12.1 Å². The molecule has 0 amide bonds. The molecule has 0 unspecified atom stereocenters. The van der Waals surface area contributed by atoms with Gasteiger partial charge in [-0.2, -0.15) is 22.0 Å². The van der Waals surface area contributed by atoms with Gasteiger partial charge in [-0.15, -0.1) is 0 Å². The standard InChI is InChI=1S/C12H8F5N3O/c13-11(14,15)12(16,17)21-10-6-4-9(5-7-10)3-1-2-8-19-20-18/h4-7H,2,8H2. The third-order valence-electron chi connectivity index (χ3n) is 2.06.